The number of carbonyl (C=O) groups is 1. The van der Waals surface area contributed by atoms with Crippen LogP contribution in [0.3, 0.4) is 0 Å². The molecule has 22 heavy (non-hydrogen) atoms. The number of halogens is 1. The van der Waals surface area contributed by atoms with Crippen molar-refractivity contribution in [3.05, 3.63) is 29.8 Å². The fraction of sp³-hybridized carbons (Fsp3) is 0.588. The highest BCUT2D eigenvalue weighted by molar-refractivity contribution is 5.92. The van der Waals surface area contributed by atoms with Crippen molar-refractivity contribution in [3.63, 3.8) is 0 Å². The molecule has 2 aliphatic rings. The van der Waals surface area contributed by atoms with Crippen molar-refractivity contribution in [2.75, 3.05) is 11.9 Å². The molecule has 0 heterocycles. The summed E-state index contributed by atoms with van der Waals surface area (Å²) in [4.78, 5) is 12.2. The Morgan fingerprint density at radius 2 is 2.09 bits per heavy atom. The van der Waals surface area contributed by atoms with Crippen LogP contribution in [0, 0.1) is 11.8 Å². The second kappa shape index (κ2) is 7.95. The second-order valence-electron chi connectivity index (χ2n) is 6.42. The zero-order chi connectivity index (χ0) is 14.7. The zero-order valence-electron chi connectivity index (χ0n) is 12.8. The summed E-state index contributed by atoms with van der Waals surface area (Å²) in [5.41, 5.74) is 7.83. The highest BCUT2D eigenvalue weighted by atomic mass is 35.5. The van der Waals surface area contributed by atoms with Gasteiger partial charge in [0.15, 0.2) is 0 Å². The van der Waals surface area contributed by atoms with Crippen LogP contribution in [0.1, 0.15) is 37.7 Å². The molecule has 3 N–H and O–H groups in total. The normalized spacial score (nSPS) is 23.9. The van der Waals surface area contributed by atoms with Crippen LogP contribution in [0.4, 0.5) is 5.69 Å². The van der Waals surface area contributed by atoms with Crippen molar-refractivity contribution >= 4 is 24.0 Å². The Hall–Kier alpha value is -1.10. The van der Waals surface area contributed by atoms with Crippen molar-refractivity contribution in [1.82, 2.24) is 0 Å². The Morgan fingerprint density at radius 3 is 2.77 bits per heavy atom. The van der Waals surface area contributed by atoms with Crippen molar-refractivity contribution < 1.29 is 9.53 Å². The van der Waals surface area contributed by atoms with Gasteiger partial charge in [-0.25, -0.2) is 0 Å². The van der Waals surface area contributed by atoms with Gasteiger partial charge in [0.25, 0.3) is 0 Å². The van der Waals surface area contributed by atoms with E-state index in [9.17, 15) is 4.79 Å². The molecule has 5 heteroatoms. The Labute approximate surface area is 138 Å². The molecule has 0 aliphatic heterocycles. The fourth-order valence-corrected chi connectivity index (χ4v) is 2.87. The molecule has 0 bridgehead atoms. The van der Waals surface area contributed by atoms with Gasteiger partial charge in [-0.1, -0.05) is 12.1 Å². The van der Waals surface area contributed by atoms with Crippen LogP contribution < -0.4 is 11.1 Å². The summed E-state index contributed by atoms with van der Waals surface area (Å²) in [5.74, 6) is 0.938. The minimum Gasteiger partial charge on any atom is -0.376 e. The van der Waals surface area contributed by atoms with E-state index in [4.69, 9.17) is 10.5 Å². The fourth-order valence-electron chi connectivity index (χ4n) is 2.87. The van der Waals surface area contributed by atoms with E-state index in [1.807, 2.05) is 24.3 Å². The minimum atomic E-state index is 0. The summed E-state index contributed by atoms with van der Waals surface area (Å²) in [6.45, 7) is 1.48. The molecule has 1 aromatic carbocycles. The lowest BCUT2D eigenvalue weighted by molar-refractivity contribution is -0.119. The summed E-state index contributed by atoms with van der Waals surface area (Å²) in [5, 5.41) is 3.01. The quantitative estimate of drug-likeness (QED) is 0.845. The molecule has 2 fully saturated rings. The number of hydrogen-bond acceptors (Lipinski definition) is 3. The highest BCUT2D eigenvalue weighted by Gasteiger charge is 2.27. The zero-order valence-corrected chi connectivity index (χ0v) is 13.6. The number of rotatable bonds is 6. The third-order valence-corrected chi connectivity index (χ3v) is 4.36. The molecule has 4 nitrogen and oxygen atoms in total. The standard InChI is InChI=1S/C17H24N2O2.ClH/c18-15-7-6-14(9-15)17(20)19-16-3-1-2-13(8-16)11-21-10-12-4-5-12;/h1-3,8,12,14-15H,4-7,9-11,18H2,(H,19,20);1H. The van der Waals surface area contributed by atoms with Gasteiger partial charge in [0.1, 0.15) is 0 Å². The molecule has 1 amide bonds. The Morgan fingerprint density at radius 1 is 1.27 bits per heavy atom. The monoisotopic (exact) mass is 324 g/mol. The average molecular weight is 325 g/mol. The van der Waals surface area contributed by atoms with E-state index in [1.54, 1.807) is 0 Å². The molecule has 0 radical (unpaired) electrons. The molecule has 0 spiro atoms. The van der Waals surface area contributed by atoms with Gasteiger partial charge >= 0.3 is 0 Å². The van der Waals surface area contributed by atoms with Crippen LogP contribution in [0.25, 0.3) is 0 Å². The number of benzene rings is 1. The Kier molecular flexibility index (Phi) is 6.24. The molecule has 2 aliphatic carbocycles. The molecular weight excluding hydrogens is 300 g/mol. The number of ether oxygens (including phenoxy) is 1. The molecule has 2 unspecified atom stereocenters. The molecule has 2 atom stereocenters. The first-order chi connectivity index (χ1) is 10.2. The van der Waals surface area contributed by atoms with E-state index >= 15 is 0 Å². The van der Waals surface area contributed by atoms with Gasteiger partial charge in [-0.2, -0.15) is 0 Å². The van der Waals surface area contributed by atoms with E-state index in [2.05, 4.69) is 5.32 Å². The lowest BCUT2D eigenvalue weighted by Crippen LogP contribution is -2.23. The molecule has 122 valence electrons. The predicted molar refractivity (Wildman–Crippen MR) is 90.0 cm³/mol. The van der Waals surface area contributed by atoms with E-state index in [-0.39, 0.29) is 30.3 Å². The van der Waals surface area contributed by atoms with E-state index in [0.717, 1.165) is 43.0 Å². The summed E-state index contributed by atoms with van der Waals surface area (Å²) in [6, 6.07) is 8.11. The first-order valence-electron chi connectivity index (χ1n) is 7.94. The molecule has 3 rings (SSSR count). The summed E-state index contributed by atoms with van der Waals surface area (Å²) in [6.07, 6.45) is 5.26. The average Bonchev–Trinajstić information content (AvgIpc) is 3.18. The SMILES string of the molecule is Cl.NC1CCC(C(=O)Nc2cccc(COCC3CC3)c2)C1. The number of nitrogens with one attached hydrogen (secondary N) is 1. The van der Waals surface area contributed by atoms with Crippen LogP contribution in [0.5, 0.6) is 0 Å². The predicted octanol–water partition coefficient (Wildman–Crippen LogP) is 3.10. The van der Waals surface area contributed by atoms with Crippen LogP contribution in [0.2, 0.25) is 0 Å². The number of nitrogens with two attached hydrogens (primary N) is 1. The minimum absolute atomic E-state index is 0. The number of hydrogen-bond donors (Lipinski definition) is 2. The van der Waals surface area contributed by atoms with Gasteiger partial charge in [0.2, 0.25) is 5.91 Å². The third-order valence-electron chi connectivity index (χ3n) is 4.36. The molecular formula is C17H25ClN2O2. The van der Waals surface area contributed by atoms with Gasteiger partial charge in [0.05, 0.1) is 6.61 Å². The van der Waals surface area contributed by atoms with Gasteiger partial charge < -0.3 is 15.8 Å². The van der Waals surface area contributed by atoms with Crippen molar-refractivity contribution in [2.24, 2.45) is 17.6 Å². The lowest BCUT2D eigenvalue weighted by atomic mass is 10.1. The van der Waals surface area contributed by atoms with Crippen molar-refractivity contribution in [2.45, 2.75) is 44.8 Å². The van der Waals surface area contributed by atoms with Crippen molar-refractivity contribution in [1.29, 1.82) is 0 Å². The maximum atomic E-state index is 12.2. The van der Waals surface area contributed by atoms with Gasteiger partial charge in [-0.05, 0) is 55.7 Å². The summed E-state index contributed by atoms with van der Waals surface area (Å²) in [7, 11) is 0. The first-order valence-corrected chi connectivity index (χ1v) is 7.94. The maximum absolute atomic E-state index is 12.2. The molecule has 0 aromatic heterocycles. The second-order valence-corrected chi connectivity index (χ2v) is 6.42. The largest absolute Gasteiger partial charge is 0.376 e. The molecule has 0 saturated heterocycles. The Bertz CT molecular complexity index is 505. The summed E-state index contributed by atoms with van der Waals surface area (Å²) < 4.78 is 5.69. The van der Waals surface area contributed by atoms with Crippen molar-refractivity contribution in [3.8, 4) is 0 Å². The molecule has 1 aromatic rings. The number of carbonyl (C=O) groups excluding carboxylic acids is 1. The smallest absolute Gasteiger partial charge is 0.227 e. The molecule has 2 saturated carbocycles. The third kappa shape index (κ3) is 4.97. The topological polar surface area (TPSA) is 64.4 Å². The van der Waals surface area contributed by atoms with Gasteiger partial charge in [0, 0.05) is 24.3 Å². The number of amides is 1. The van der Waals surface area contributed by atoms with Crippen LogP contribution in [-0.2, 0) is 16.1 Å². The lowest BCUT2D eigenvalue weighted by Gasteiger charge is -2.12. The van der Waals surface area contributed by atoms with Crippen LogP contribution >= 0.6 is 12.4 Å². The van der Waals surface area contributed by atoms with E-state index in [1.165, 1.54) is 12.8 Å². The number of anilines is 1. The van der Waals surface area contributed by atoms with Crippen LogP contribution in [0.15, 0.2) is 24.3 Å². The van der Waals surface area contributed by atoms with Crippen LogP contribution in [-0.4, -0.2) is 18.6 Å². The first kappa shape index (κ1) is 17.3. The van der Waals surface area contributed by atoms with Gasteiger partial charge in [-0.3, -0.25) is 4.79 Å². The summed E-state index contributed by atoms with van der Waals surface area (Å²) >= 11 is 0. The van der Waals surface area contributed by atoms with E-state index in [0.29, 0.717) is 6.61 Å². The van der Waals surface area contributed by atoms with Gasteiger partial charge in [-0.15, -0.1) is 12.4 Å². The highest BCUT2D eigenvalue weighted by Crippen LogP contribution is 2.29. The maximum Gasteiger partial charge on any atom is 0.227 e. The van der Waals surface area contributed by atoms with E-state index < -0.39 is 0 Å². The Balaban J connectivity index is 0.00000176.